The Morgan fingerprint density at radius 1 is 1.11 bits per heavy atom. The lowest BCUT2D eigenvalue weighted by Crippen LogP contribution is -2.14. The summed E-state index contributed by atoms with van der Waals surface area (Å²) < 4.78 is 28.7. The van der Waals surface area contributed by atoms with Crippen LogP contribution in [0.15, 0.2) is 53.7 Å². The van der Waals surface area contributed by atoms with Crippen LogP contribution in [0.1, 0.15) is 17.3 Å². The SMILES string of the molecule is C[C@@H](Sc1nnc2c(n1)[nH]c1ccccc12)C(=O)c1ccc(OC(F)F)cc1. The standard InChI is InChI=1S/C19H14F2N4O2S/c1-10(16(26)11-6-8-12(9-7-11)27-18(20)21)28-19-23-17-15(24-25-19)13-4-2-3-5-14(13)22-17/h2-10,18H,1H3,(H,22,23,25)/t10-/m1/s1. The number of hydrogen-bond donors (Lipinski definition) is 1. The molecule has 142 valence electrons. The lowest BCUT2D eigenvalue weighted by atomic mass is 10.1. The number of hydrogen-bond acceptors (Lipinski definition) is 6. The van der Waals surface area contributed by atoms with Crippen molar-refractivity contribution in [1.82, 2.24) is 20.2 Å². The molecule has 2 aromatic carbocycles. The van der Waals surface area contributed by atoms with E-state index < -0.39 is 11.9 Å². The number of ketones is 1. The highest BCUT2D eigenvalue weighted by molar-refractivity contribution is 8.00. The lowest BCUT2D eigenvalue weighted by molar-refractivity contribution is -0.0498. The number of nitrogens with one attached hydrogen (secondary N) is 1. The van der Waals surface area contributed by atoms with E-state index in [1.54, 1.807) is 6.92 Å². The van der Waals surface area contributed by atoms with Gasteiger partial charge in [-0.05, 0) is 37.3 Å². The number of thioether (sulfide) groups is 1. The first-order valence-corrected chi connectivity index (χ1v) is 9.26. The Bertz CT molecular complexity index is 1150. The number of Topliss-reactive ketones (excluding diaryl/α,β-unsaturated/α-hetero) is 1. The predicted molar refractivity (Wildman–Crippen MR) is 102 cm³/mol. The molecule has 0 aliphatic rings. The van der Waals surface area contributed by atoms with Gasteiger partial charge in [0.1, 0.15) is 11.3 Å². The maximum Gasteiger partial charge on any atom is 0.387 e. The number of nitrogens with zero attached hydrogens (tertiary/aromatic N) is 3. The van der Waals surface area contributed by atoms with Crippen LogP contribution in [-0.4, -0.2) is 37.8 Å². The molecule has 0 radical (unpaired) electrons. The van der Waals surface area contributed by atoms with Crippen molar-refractivity contribution in [3.05, 3.63) is 54.1 Å². The Labute approximate surface area is 162 Å². The summed E-state index contributed by atoms with van der Waals surface area (Å²) in [6, 6.07) is 13.3. The number of rotatable bonds is 6. The fraction of sp³-hybridized carbons (Fsp3) is 0.158. The molecule has 1 atom stereocenters. The minimum atomic E-state index is -2.90. The van der Waals surface area contributed by atoms with Gasteiger partial charge in [0.15, 0.2) is 11.4 Å². The number of halogens is 2. The molecule has 0 saturated heterocycles. The van der Waals surface area contributed by atoms with Crippen LogP contribution in [0, 0.1) is 0 Å². The summed E-state index contributed by atoms with van der Waals surface area (Å²) in [5, 5.41) is 9.17. The zero-order valence-corrected chi connectivity index (χ0v) is 15.4. The van der Waals surface area contributed by atoms with Crippen LogP contribution in [-0.2, 0) is 0 Å². The minimum absolute atomic E-state index is 0.00338. The number of alkyl halides is 2. The van der Waals surface area contributed by atoms with E-state index in [1.165, 1.54) is 36.0 Å². The molecule has 2 heterocycles. The number of carbonyl (C=O) groups is 1. The minimum Gasteiger partial charge on any atom is -0.435 e. The summed E-state index contributed by atoms with van der Waals surface area (Å²) >= 11 is 1.18. The highest BCUT2D eigenvalue weighted by Gasteiger charge is 2.19. The lowest BCUT2D eigenvalue weighted by Gasteiger charge is -2.10. The fourth-order valence-electron chi connectivity index (χ4n) is 2.80. The number of para-hydroxylation sites is 1. The molecule has 2 aromatic heterocycles. The number of carbonyl (C=O) groups excluding carboxylic acids is 1. The molecule has 0 spiro atoms. The highest BCUT2D eigenvalue weighted by Crippen LogP contribution is 2.26. The average molecular weight is 400 g/mol. The molecule has 0 saturated carbocycles. The van der Waals surface area contributed by atoms with Crippen molar-refractivity contribution in [3.8, 4) is 5.75 Å². The summed E-state index contributed by atoms with van der Waals surface area (Å²) in [5.41, 5.74) is 2.58. The number of aromatic nitrogens is 4. The largest absolute Gasteiger partial charge is 0.435 e. The van der Waals surface area contributed by atoms with Crippen molar-refractivity contribution in [1.29, 1.82) is 0 Å². The molecular weight excluding hydrogens is 386 g/mol. The molecule has 6 nitrogen and oxygen atoms in total. The molecule has 0 fully saturated rings. The smallest absolute Gasteiger partial charge is 0.387 e. The van der Waals surface area contributed by atoms with Gasteiger partial charge >= 0.3 is 6.61 Å². The van der Waals surface area contributed by atoms with Crippen LogP contribution in [0.2, 0.25) is 0 Å². The monoisotopic (exact) mass is 400 g/mol. The molecule has 9 heteroatoms. The topological polar surface area (TPSA) is 80.8 Å². The molecule has 0 aliphatic heterocycles. The van der Waals surface area contributed by atoms with Gasteiger partial charge in [0.2, 0.25) is 5.16 Å². The van der Waals surface area contributed by atoms with E-state index >= 15 is 0 Å². The Morgan fingerprint density at radius 2 is 1.86 bits per heavy atom. The van der Waals surface area contributed by atoms with E-state index in [0.717, 1.165) is 10.9 Å². The summed E-state index contributed by atoms with van der Waals surface area (Å²) in [5.74, 6) is -0.169. The van der Waals surface area contributed by atoms with E-state index in [0.29, 0.717) is 21.9 Å². The van der Waals surface area contributed by atoms with Gasteiger partial charge in [-0.25, -0.2) is 4.98 Å². The first-order valence-electron chi connectivity index (χ1n) is 8.38. The summed E-state index contributed by atoms with van der Waals surface area (Å²) in [4.78, 5) is 20.2. The van der Waals surface area contributed by atoms with E-state index in [-0.39, 0.29) is 11.5 Å². The van der Waals surface area contributed by atoms with Gasteiger partial charge in [-0.1, -0.05) is 30.0 Å². The molecule has 28 heavy (non-hydrogen) atoms. The van der Waals surface area contributed by atoms with Gasteiger partial charge in [-0.2, -0.15) is 8.78 Å². The second-order valence-electron chi connectivity index (χ2n) is 5.99. The van der Waals surface area contributed by atoms with Crippen LogP contribution < -0.4 is 4.74 Å². The second kappa shape index (κ2) is 7.51. The maximum absolute atomic E-state index is 12.6. The van der Waals surface area contributed by atoms with E-state index in [1.807, 2.05) is 24.3 Å². The van der Waals surface area contributed by atoms with Crippen molar-refractivity contribution < 1.29 is 18.3 Å². The number of benzene rings is 2. The van der Waals surface area contributed by atoms with Crippen molar-refractivity contribution in [3.63, 3.8) is 0 Å². The Balaban J connectivity index is 1.51. The number of H-pyrrole nitrogens is 1. The first-order chi connectivity index (χ1) is 13.5. The van der Waals surface area contributed by atoms with Crippen LogP contribution in [0.3, 0.4) is 0 Å². The van der Waals surface area contributed by atoms with Crippen LogP contribution >= 0.6 is 11.8 Å². The quantitative estimate of drug-likeness (QED) is 0.380. The van der Waals surface area contributed by atoms with Gasteiger partial charge in [-0.15, -0.1) is 10.2 Å². The van der Waals surface area contributed by atoms with Gasteiger partial charge in [-0.3, -0.25) is 4.79 Å². The maximum atomic E-state index is 12.6. The molecule has 0 amide bonds. The third kappa shape index (κ3) is 3.65. The van der Waals surface area contributed by atoms with Gasteiger partial charge < -0.3 is 9.72 Å². The summed E-state index contributed by atoms with van der Waals surface area (Å²) in [6.45, 7) is -1.17. The Kier molecular flexibility index (Phi) is 4.91. The third-order valence-corrected chi connectivity index (χ3v) is 5.07. The van der Waals surface area contributed by atoms with E-state index in [4.69, 9.17) is 0 Å². The molecule has 0 unspecified atom stereocenters. The predicted octanol–water partition coefficient (Wildman–Crippen LogP) is 4.47. The summed E-state index contributed by atoms with van der Waals surface area (Å²) in [6.07, 6.45) is 0. The number of fused-ring (bicyclic) bond motifs is 3. The van der Waals surface area contributed by atoms with Crippen molar-refractivity contribution >= 4 is 39.6 Å². The highest BCUT2D eigenvalue weighted by atomic mass is 32.2. The average Bonchev–Trinajstić information content (AvgIpc) is 3.05. The Hall–Kier alpha value is -3.07. The second-order valence-corrected chi connectivity index (χ2v) is 7.30. The third-order valence-electron chi connectivity index (χ3n) is 4.12. The molecule has 4 rings (SSSR count). The first kappa shape index (κ1) is 18.3. The van der Waals surface area contributed by atoms with Crippen LogP contribution in [0.5, 0.6) is 5.75 Å². The van der Waals surface area contributed by atoms with Crippen molar-refractivity contribution in [2.24, 2.45) is 0 Å². The van der Waals surface area contributed by atoms with Gasteiger partial charge in [0, 0.05) is 16.5 Å². The van der Waals surface area contributed by atoms with Gasteiger partial charge in [0.05, 0.1) is 5.25 Å². The van der Waals surface area contributed by atoms with Gasteiger partial charge in [0.25, 0.3) is 0 Å². The van der Waals surface area contributed by atoms with E-state index in [2.05, 4.69) is 24.9 Å². The van der Waals surface area contributed by atoms with Crippen molar-refractivity contribution in [2.45, 2.75) is 23.9 Å². The zero-order valence-electron chi connectivity index (χ0n) is 14.6. The zero-order chi connectivity index (χ0) is 19.7. The van der Waals surface area contributed by atoms with E-state index in [9.17, 15) is 13.6 Å². The molecular formula is C19H14F2N4O2S. The Morgan fingerprint density at radius 3 is 2.61 bits per heavy atom. The van der Waals surface area contributed by atoms with Crippen LogP contribution in [0.25, 0.3) is 22.1 Å². The van der Waals surface area contributed by atoms with Crippen molar-refractivity contribution in [2.75, 3.05) is 0 Å². The number of ether oxygens (including phenoxy) is 1. The summed E-state index contributed by atoms with van der Waals surface area (Å²) in [7, 11) is 0. The molecule has 4 aromatic rings. The fourth-order valence-corrected chi connectivity index (χ4v) is 3.59. The normalized spacial score (nSPS) is 12.6. The molecule has 0 bridgehead atoms. The molecule has 0 aliphatic carbocycles. The van der Waals surface area contributed by atoms with Crippen LogP contribution in [0.4, 0.5) is 8.78 Å². The molecule has 1 N–H and O–H groups in total. The number of aromatic amines is 1.